The van der Waals surface area contributed by atoms with Gasteiger partial charge in [-0.3, -0.25) is 5.41 Å². The molecule has 4 nitrogen and oxygen atoms in total. The van der Waals surface area contributed by atoms with Crippen molar-refractivity contribution >= 4 is 17.2 Å². The molecule has 1 aromatic heterocycles. The van der Waals surface area contributed by atoms with Crippen LogP contribution in [0.2, 0.25) is 0 Å². The van der Waals surface area contributed by atoms with Crippen LogP contribution < -0.4 is 5.73 Å². The first-order chi connectivity index (χ1) is 5.65. The number of hydrogen-bond donors (Lipinski definition) is 2. The lowest BCUT2D eigenvalue weighted by Crippen LogP contribution is -2.10. The van der Waals surface area contributed by atoms with Crippen molar-refractivity contribution < 1.29 is 4.74 Å². The molecule has 0 spiro atoms. The van der Waals surface area contributed by atoms with Gasteiger partial charge in [-0.25, -0.2) is 4.98 Å². The zero-order valence-corrected chi connectivity index (χ0v) is 7.86. The Morgan fingerprint density at radius 2 is 2.42 bits per heavy atom. The van der Waals surface area contributed by atoms with Crippen molar-refractivity contribution in [3.8, 4) is 0 Å². The Morgan fingerprint density at radius 1 is 1.75 bits per heavy atom. The average molecular weight is 185 g/mol. The van der Waals surface area contributed by atoms with Crippen LogP contribution in [0.15, 0.2) is 0 Å². The lowest BCUT2D eigenvalue weighted by molar-refractivity contribution is 0.184. The maximum atomic E-state index is 7.23. The van der Waals surface area contributed by atoms with E-state index in [1.807, 2.05) is 6.92 Å². The van der Waals surface area contributed by atoms with Crippen LogP contribution in [0, 0.1) is 12.3 Å². The van der Waals surface area contributed by atoms with Gasteiger partial charge in [-0.15, -0.1) is 11.3 Å². The number of nitrogens with two attached hydrogens (primary N) is 1. The van der Waals surface area contributed by atoms with E-state index in [4.69, 9.17) is 15.9 Å². The first kappa shape index (κ1) is 9.15. The fraction of sp³-hybridized carbons (Fsp3) is 0.429. The van der Waals surface area contributed by atoms with Gasteiger partial charge in [-0.1, -0.05) is 0 Å². The van der Waals surface area contributed by atoms with Gasteiger partial charge in [0.25, 0.3) is 0 Å². The van der Waals surface area contributed by atoms with E-state index >= 15 is 0 Å². The summed E-state index contributed by atoms with van der Waals surface area (Å²) in [7, 11) is 1.62. The number of ether oxygens (including phenoxy) is 1. The van der Waals surface area contributed by atoms with E-state index in [9.17, 15) is 0 Å². The van der Waals surface area contributed by atoms with Crippen LogP contribution in [0.25, 0.3) is 0 Å². The number of nitrogen functional groups attached to an aromatic ring is 1. The van der Waals surface area contributed by atoms with Gasteiger partial charge >= 0.3 is 0 Å². The lowest BCUT2D eigenvalue weighted by atomic mass is 10.4. The topological polar surface area (TPSA) is 72.0 Å². The summed E-state index contributed by atoms with van der Waals surface area (Å²) in [5.41, 5.74) is 6.14. The minimum absolute atomic E-state index is 0.0763. The first-order valence-corrected chi connectivity index (χ1v) is 4.26. The van der Waals surface area contributed by atoms with E-state index < -0.39 is 0 Å². The number of rotatable bonds is 3. The Morgan fingerprint density at radius 3 is 2.83 bits per heavy atom. The molecule has 0 aliphatic carbocycles. The molecule has 0 aromatic carbocycles. The van der Waals surface area contributed by atoms with Crippen LogP contribution in [-0.2, 0) is 11.3 Å². The number of nitrogens with one attached hydrogen (secondary N) is 1. The van der Waals surface area contributed by atoms with Crippen molar-refractivity contribution in [3.63, 3.8) is 0 Å². The van der Waals surface area contributed by atoms with Crippen LogP contribution >= 0.6 is 11.3 Å². The maximum absolute atomic E-state index is 7.23. The summed E-state index contributed by atoms with van der Waals surface area (Å²) in [6, 6.07) is 0. The zero-order valence-electron chi connectivity index (χ0n) is 7.05. The van der Waals surface area contributed by atoms with Crippen LogP contribution in [0.3, 0.4) is 0 Å². The van der Waals surface area contributed by atoms with E-state index in [-0.39, 0.29) is 5.84 Å². The van der Waals surface area contributed by atoms with Gasteiger partial charge in [0.2, 0.25) is 0 Å². The van der Waals surface area contributed by atoms with Crippen LogP contribution in [0.5, 0.6) is 0 Å². The highest BCUT2D eigenvalue weighted by molar-refractivity contribution is 7.13. The molecule has 0 fully saturated rings. The van der Waals surface area contributed by atoms with Gasteiger partial charge in [-0.05, 0) is 6.92 Å². The van der Waals surface area contributed by atoms with Crippen molar-refractivity contribution in [2.75, 3.05) is 7.11 Å². The number of aryl methyl sites for hydroxylation is 1. The third-order valence-electron chi connectivity index (χ3n) is 1.35. The molecule has 1 heterocycles. The highest BCUT2D eigenvalue weighted by Gasteiger charge is 2.08. The predicted molar refractivity (Wildman–Crippen MR) is 48.6 cm³/mol. The van der Waals surface area contributed by atoms with Crippen LogP contribution in [0.4, 0.5) is 0 Å². The summed E-state index contributed by atoms with van der Waals surface area (Å²) < 4.78 is 4.91. The Hall–Kier alpha value is -0.940. The molecule has 0 bridgehead atoms. The minimum atomic E-state index is 0.0763. The van der Waals surface area contributed by atoms with Gasteiger partial charge in [0.15, 0.2) is 0 Å². The predicted octanol–water partition coefficient (Wildman–Crippen LogP) is 0.882. The number of nitrogens with zero attached hydrogens (tertiary/aromatic N) is 1. The monoisotopic (exact) mass is 185 g/mol. The zero-order chi connectivity index (χ0) is 9.14. The standard InChI is InChI=1S/C7H11N3OS/c1-4-6(7(8)9)12-5(10-4)3-11-2/h3H2,1-2H3,(H3,8,9). The summed E-state index contributed by atoms with van der Waals surface area (Å²) in [6.07, 6.45) is 0. The minimum Gasteiger partial charge on any atom is -0.383 e. The molecule has 0 aliphatic rings. The highest BCUT2D eigenvalue weighted by atomic mass is 32.1. The van der Waals surface area contributed by atoms with Gasteiger partial charge in [0.1, 0.15) is 10.8 Å². The molecular formula is C7H11N3OS. The van der Waals surface area contributed by atoms with E-state index in [0.717, 1.165) is 15.6 Å². The smallest absolute Gasteiger partial charge is 0.135 e. The molecule has 3 N–H and O–H groups in total. The van der Waals surface area contributed by atoms with E-state index in [0.29, 0.717) is 6.61 Å². The molecule has 12 heavy (non-hydrogen) atoms. The molecule has 0 saturated carbocycles. The number of amidine groups is 1. The van der Waals surface area contributed by atoms with E-state index in [1.54, 1.807) is 7.11 Å². The molecule has 1 rings (SSSR count). The fourth-order valence-corrected chi connectivity index (χ4v) is 1.79. The van der Waals surface area contributed by atoms with Crippen LogP contribution in [-0.4, -0.2) is 17.9 Å². The number of methoxy groups -OCH3 is 1. The van der Waals surface area contributed by atoms with Crippen molar-refractivity contribution in [2.24, 2.45) is 5.73 Å². The Kier molecular flexibility index (Phi) is 2.78. The Balaban J connectivity index is 2.92. The largest absolute Gasteiger partial charge is 0.383 e. The quantitative estimate of drug-likeness (QED) is 0.542. The van der Waals surface area contributed by atoms with Gasteiger partial charge in [0.05, 0.1) is 17.2 Å². The molecule has 0 radical (unpaired) electrons. The normalized spacial score (nSPS) is 10.2. The number of hydrogen-bond acceptors (Lipinski definition) is 4. The molecule has 5 heteroatoms. The molecule has 0 atom stereocenters. The maximum Gasteiger partial charge on any atom is 0.135 e. The second-order valence-corrected chi connectivity index (χ2v) is 3.45. The molecule has 0 saturated heterocycles. The van der Waals surface area contributed by atoms with Gasteiger partial charge in [-0.2, -0.15) is 0 Å². The molecule has 0 unspecified atom stereocenters. The third kappa shape index (κ3) is 1.80. The highest BCUT2D eigenvalue weighted by Crippen LogP contribution is 2.17. The van der Waals surface area contributed by atoms with Gasteiger partial charge in [0, 0.05) is 7.11 Å². The van der Waals surface area contributed by atoms with Crippen molar-refractivity contribution in [3.05, 3.63) is 15.6 Å². The summed E-state index contributed by atoms with van der Waals surface area (Å²) in [6.45, 7) is 2.32. The summed E-state index contributed by atoms with van der Waals surface area (Å²) >= 11 is 1.41. The molecule has 0 aliphatic heterocycles. The fourth-order valence-electron chi connectivity index (χ4n) is 0.887. The molecule has 0 amide bonds. The second-order valence-electron chi connectivity index (χ2n) is 2.37. The molecule has 66 valence electrons. The summed E-state index contributed by atoms with van der Waals surface area (Å²) in [5, 5.41) is 8.09. The molecular weight excluding hydrogens is 174 g/mol. The SMILES string of the molecule is COCc1nc(C)c(C(=N)N)s1. The van der Waals surface area contributed by atoms with Crippen molar-refractivity contribution in [1.82, 2.24) is 4.98 Å². The van der Waals surface area contributed by atoms with E-state index in [1.165, 1.54) is 11.3 Å². The third-order valence-corrected chi connectivity index (χ3v) is 2.52. The lowest BCUT2D eigenvalue weighted by Gasteiger charge is -1.90. The van der Waals surface area contributed by atoms with Crippen molar-refractivity contribution in [2.45, 2.75) is 13.5 Å². The van der Waals surface area contributed by atoms with Crippen LogP contribution in [0.1, 0.15) is 15.6 Å². The average Bonchev–Trinajstić information content (AvgIpc) is 2.32. The summed E-state index contributed by atoms with van der Waals surface area (Å²) in [4.78, 5) is 4.93. The number of aromatic nitrogens is 1. The Labute approximate surface area is 74.9 Å². The van der Waals surface area contributed by atoms with Crippen molar-refractivity contribution in [1.29, 1.82) is 5.41 Å². The Bertz CT molecular complexity index is 295. The first-order valence-electron chi connectivity index (χ1n) is 3.44. The number of thiazole rings is 1. The summed E-state index contributed by atoms with van der Waals surface area (Å²) in [5.74, 6) is 0.0763. The molecule has 1 aromatic rings. The van der Waals surface area contributed by atoms with E-state index in [2.05, 4.69) is 4.98 Å². The van der Waals surface area contributed by atoms with Gasteiger partial charge < -0.3 is 10.5 Å². The second kappa shape index (κ2) is 3.64.